The second kappa shape index (κ2) is 7.40. The lowest BCUT2D eigenvalue weighted by Gasteiger charge is -2.19. The standard InChI is InChI=1S/C14H17F4NO2/c1-3-5-19-12(13(20)21-4-2)9-6-10(14(16,17)18)8-11(15)7-9/h6-8,12,19H,3-5H2,1-2H3. The van der Waals surface area contributed by atoms with Crippen molar-refractivity contribution in [3.63, 3.8) is 0 Å². The minimum absolute atomic E-state index is 0.0879. The van der Waals surface area contributed by atoms with E-state index >= 15 is 0 Å². The minimum Gasteiger partial charge on any atom is -0.465 e. The van der Waals surface area contributed by atoms with Crippen LogP contribution in [-0.2, 0) is 15.7 Å². The third kappa shape index (κ3) is 5.00. The maximum absolute atomic E-state index is 13.4. The lowest BCUT2D eigenvalue weighted by atomic mass is 10.0. The molecule has 0 spiro atoms. The quantitative estimate of drug-likeness (QED) is 0.646. The zero-order valence-electron chi connectivity index (χ0n) is 11.8. The van der Waals surface area contributed by atoms with Gasteiger partial charge in [-0.15, -0.1) is 0 Å². The van der Waals surface area contributed by atoms with E-state index in [1.807, 2.05) is 6.92 Å². The van der Waals surface area contributed by atoms with Crippen molar-refractivity contribution >= 4 is 5.97 Å². The molecule has 7 heteroatoms. The summed E-state index contributed by atoms with van der Waals surface area (Å²) in [5.41, 5.74) is -1.24. The summed E-state index contributed by atoms with van der Waals surface area (Å²) < 4.78 is 56.4. The van der Waals surface area contributed by atoms with Crippen LogP contribution in [-0.4, -0.2) is 19.1 Å². The highest BCUT2D eigenvalue weighted by Gasteiger charge is 2.33. The van der Waals surface area contributed by atoms with E-state index in [9.17, 15) is 22.4 Å². The monoisotopic (exact) mass is 307 g/mol. The molecule has 1 aromatic carbocycles. The van der Waals surface area contributed by atoms with E-state index in [0.29, 0.717) is 19.0 Å². The van der Waals surface area contributed by atoms with Crippen LogP contribution in [0.15, 0.2) is 18.2 Å². The van der Waals surface area contributed by atoms with Gasteiger partial charge < -0.3 is 10.1 Å². The van der Waals surface area contributed by atoms with Gasteiger partial charge in [-0.2, -0.15) is 13.2 Å². The van der Waals surface area contributed by atoms with E-state index < -0.39 is 29.6 Å². The zero-order chi connectivity index (χ0) is 16.0. The average molecular weight is 307 g/mol. The Hall–Kier alpha value is -1.63. The number of carbonyl (C=O) groups excluding carboxylic acids is 1. The molecule has 0 heterocycles. The fourth-order valence-corrected chi connectivity index (χ4v) is 1.79. The normalized spacial score (nSPS) is 13.0. The molecule has 0 aromatic heterocycles. The molecule has 21 heavy (non-hydrogen) atoms. The molecule has 0 fully saturated rings. The molecular weight excluding hydrogens is 290 g/mol. The van der Waals surface area contributed by atoms with Crippen LogP contribution >= 0.6 is 0 Å². The number of rotatable bonds is 6. The van der Waals surface area contributed by atoms with Crippen LogP contribution in [0, 0.1) is 5.82 Å². The Morgan fingerprint density at radius 2 is 1.95 bits per heavy atom. The Bertz CT molecular complexity index is 488. The van der Waals surface area contributed by atoms with Crippen LogP contribution in [0.3, 0.4) is 0 Å². The predicted octanol–water partition coefficient (Wildman–Crippen LogP) is 3.45. The summed E-state index contributed by atoms with van der Waals surface area (Å²) in [5, 5.41) is 2.77. The first-order valence-corrected chi connectivity index (χ1v) is 6.57. The summed E-state index contributed by atoms with van der Waals surface area (Å²) in [7, 11) is 0. The van der Waals surface area contributed by atoms with Crippen LogP contribution in [0.5, 0.6) is 0 Å². The maximum Gasteiger partial charge on any atom is 0.416 e. The molecular formula is C14H17F4NO2. The third-order valence-corrected chi connectivity index (χ3v) is 2.70. The number of ether oxygens (including phenoxy) is 1. The van der Waals surface area contributed by atoms with E-state index in [-0.39, 0.29) is 12.2 Å². The molecule has 3 nitrogen and oxygen atoms in total. The molecule has 0 saturated heterocycles. The summed E-state index contributed by atoms with van der Waals surface area (Å²) >= 11 is 0. The summed E-state index contributed by atoms with van der Waals surface area (Å²) in [6.45, 7) is 3.90. The number of hydrogen-bond donors (Lipinski definition) is 1. The molecule has 0 amide bonds. The van der Waals surface area contributed by atoms with Gasteiger partial charge in [-0.1, -0.05) is 6.92 Å². The second-order valence-electron chi connectivity index (χ2n) is 4.41. The Kier molecular flexibility index (Phi) is 6.14. The lowest BCUT2D eigenvalue weighted by Crippen LogP contribution is -2.31. The zero-order valence-corrected chi connectivity index (χ0v) is 11.8. The molecule has 1 N–H and O–H groups in total. The number of alkyl halides is 3. The topological polar surface area (TPSA) is 38.3 Å². The average Bonchev–Trinajstić information content (AvgIpc) is 2.38. The molecule has 0 bridgehead atoms. The van der Waals surface area contributed by atoms with Crippen LogP contribution < -0.4 is 5.32 Å². The molecule has 1 unspecified atom stereocenters. The van der Waals surface area contributed by atoms with E-state index in [0.717, 1.165) is 12.1 Å². The largest absolute Gasteiger partial charge is 0.465 e. The molecule has 0 radical (unpaired) electrons. The fourth-order valence-electron chi connectivity index (χ4n) is 1.79. The summed E-state index contributed by atoms with van der Waals surface area (Å²) in [6, 6.07) is 0.930. The minimum atomic E-state index is -4.68. The number of benzene rings is 1. The molecule has 1 aromatic rings. The molecule has 0 aliphatic carbocycles. The van der Waals surface area contributed by atoms with Crippen molar-refractivity contribution in [1.29, 1.82) is 0 Å². The van der Waals surface area contributed by atoms with Crippen molar-refractivity contribution in [2.75, 3.05) is 13.2 Å². The van der Waals surface area contributed by atoms with Gasteiger partial charge in [0.05, 0.1) is 12.2 Å². The van der Waals surface area contributed by atoms with Gasteiger partial charge in [-0.25, -0.2) is 9.18 Å². The van der Waals surface area contributed by atoms with Gasteiger partial charge in [-0.05, 0) is 43.7 Å². The number of halogens is 4. The van der Waals surface area contributed by atoms with E-state index in [1.165, 1.54) is 0 Å². The van der Waals surface area contributed by atoms with Crippen molar-refractivity contribution in [3.8, 4) is 0 Å². The number of hydrogen-bond acceptors (Lipinski definition) is 3. The fraction of sp³-hybridized carbons (Fsp3) is 0.500. The van der Waals surface area contributed by atoms with Gasteiger partial charge in [0.1, 0.15) is 11.9 Å². The van der Waals surface area contributed by atoms with Gasteiger partial charge in [0, 0.05) is 0 Å². The van der Waals surface area contributed by atoms with E-state index in [1.54, 1.807) is 6.92 Å². The molecule has 1 atom stereocenters. The van der Waals surface area contributed by atoms with E-state index in [2.05, 4.69) is 5.32 Å². The number of carbonyl (C=O) groups is 1. The Labute approximate surface area is 120 Å². The van der Waals surface area contributed by atoms with Gasteiger partial charge in [0.25, 0.3) is 0 Å². The lowest BCUT2D eigenvalue weighted by molar-refractivity contribution is -0.146. The molecule has 0 aliphatic rings. The van der Waals surface area contributed by atoms with Crippen LogP contribution in [0.1, 0.15) is 37.4 Å². The smallest absolute Gasteiger partial charge is 0.416 e. The summed E-state index contributed by atoms with van der Waals surface area (Å²) in [6.07, 6.45) is -4.02. The summed E-state index contributed by atoms with van der Waals surface area (Å²) in [4.78, 5) is 11.8. The highest BCUT2D eigenvalue weighted by Crippen LogP contribution is 2.32. The Morgan fingerprint density at radius 3 is 2.48 bits per heavy atom. The first-order valence-electron chi connectivity index (χ1n) is 6.57. The number of esters is 1. The third-order valence-electron chi connectivity index (χ3n) is 2.70. The van der Waals surface area contributed by atoms with Gasteiger partial charge in [0.15, 0.2) is 0 Å². The van der Waals surface area contributed by atoms with E-state index in [4.69, 9.17) is 4.74 Å². The van der Waals surface area contributed by atoms with Crippen LogP contribution in [0.2, 0.25) is 0 Å². The molecule has 118 valence electrons. The van der Waals surface area contributed by atoms with Gasteiger partial charge >= 0.3 is 12.1 Å². The highest BCUT2D eigenvalue weighted by molar-refractivity contribution is 5.77. The van der Waals surface area contributed by atoms with Crippen LogP contribution in [0.25, 0.3) is 0 Å². The number of nitrogens with one attached hydrogen (secondary N) is 1. The Balaban J connectivity index is 3.17. The highest BCUT2D eigenvalue weighted by atomic mass is 19.4. The van der Waals surface area contributed by atoms with Crippen LogP contribution in [0.4, 0.5) is 17.6 Å². The first kappa shape index (κ1) is 17.4. The Morgan fingerprint density at radius 1 is 1.29 bits per heavy atom. The van der Waals surface area contributed by atoms with Gasteiger partial charge in [0.2, 0.25) is 0 Å². The van der Waals surface area contributed by atoms with Gasteiger partial charge in [-0.3, -0.25) is 0 Å². The van der Waals surface area contributed by atoms with Crippen molar-refractivity contribution in [1.82, 2.24) is 5.32 Å². The first-order chi connectivity index (χ1) is 9.79. The maximum atomic E-state index is 13.4. The SMILES string of the molecule is CCCNC(C(=O)OCC)c1cc(F)cc(C(F)(F)F)c1. The second-order valence-corrected chi connectivity index (χ2v) is 4.41. The van der Waals surface area contributed by atoms with Crippen molar-refractivity contribution in [2.24, 2.45) is 0 Å². The van der Waals surface area contributed by atoms with Crippen molar-refractivity contribution < 1.29 is 27.1 Å². The van der Waals surface area contributed by atoms with Crippen molar-refractivity contribution in [2.45, 2.75) is 32.5 Å². The molecule has 1 rings (SSSR count). The van der Waals surface area contributed by atoms with Crippen molar-refractivity contribution in [3.05, 3.63) is 35.1 Å². The summed E-state index contributed by atoms with van der Waals surface area (Å²) in [5.74, 6) is -1.78. The molecule has 0 aliphatic heterocycles. The predicted molar refractivity (Wildman–Crippen MR) is 69.1 cm³/mol. The molecule has 0 saturated carbocycles.